The SMILES string of the molecule is CNCCCNCc1ccc(I)cc1. The minimum atomic E-state index is 0.973. The maximum atomic E-state index is 3.41. The summed E-state index contributed by atoms with van der Waals surface area (Å²) in [7, 11) is 1.99. The Balaban J connectivity index is 2.15. The topological polar surface area (TPSA) is 24.1 Å². The molecule has 0 aromatic heterocycles. The first-order chi connectivity index (χ1) is 6.83. The summed E-state index contributed by atoms with van der Waals surface area (Å²) in [6.07, 6.45) is 1.18. The lowest BCUT2D eigenvalue weighted by atomic mass is 10.2. The van der Waals surface area contributed by atoms with Crippen molar-refractivity contribution in [1.82, 2.24) is 10.6 Å². The van der Waals surface area contributed by atoms with Crippen molar-refractivity contribution >= 4 is 22.6 Å². The molecule has 0 bridgehead atoms. The van der Waals surface area contributed by atoms with E-state index in [2.05, 4.69) is 57.5 Å². The van der Waals surface area contributed by atoms with Crippen molar-refractivity contribution in [3.05, 3.63) is 33.4 Å². The lowest BCUT2D eigenvalue weighted by Gasteiger charge is -2.04. The molecule has 0 atom stereocenters. The third kappa shape index (κ3) is 4.93. The molecule has 1 aromatic carbocycles. The zero-order chi connectivity index (χ0) is 10.2. The second kappa shape index (κ2) is 7.20. The molecule has 0 amide bonds. The third-order valence-electron chi connectivity index (χ3n) is 2.02. The molecule has 1 aromatic rings. The van der Waals surface area contributed by atoms with Crippen LogP contribution in [0.1, 0.15) is 12.0 Å². The van der Waals surface area contributed by atoms with Crippen molar-refractivity contribution in [3.63, 3.8) is 0 Å². The number of rotatable bonds is 6. The summed E-state index contributed by atoms with van der Waals surface area (Å²) >= 11 is 2.32. The quantitative estimate of drug-likeness (QED) is 0.620. The van der Waals surface area contributed by atoms with Crippen molar-refractivity contribution in [2.45, 2.75) is 13.0 Å². The van der Waals surface area contributed by atoms with Gasteiger partial charge in [0.1, 0.15) is 0 Å². The Hall–Kier alpha value is -0.130. The van der Waals surface area contributed by atoms with Crippen LogP contribution in [0.25, 0.3) is 0 Å². The molecule has 0 heterocycles. The first-order valence-corrected chi connectivity index (χ1v) is 6.00. The Morgan fingerprint density at radius 3 is 2.50 bits per heavy atom. The summed E-state index contributed by atoms with van der Waals surface area (Å²) in [6, 6.07) is 8.63. The minimum Gasteiger partial charge on any atom is -0.320 e. The van der Waals surface area contributed by atoms with Crippen LogP contribution in [-0.4, -0.2) is 20.1 Å². The van der Waals surface area contributed by atoms with Crippen LogP contribution in [0.3, 0.4) is 0 Å². The zero-order valence-electron chi connectivity index (χ0n) is 8.52. The second-order valence-corrected chi connectivity index (χ2v) is 4.51. The Morgan fingerprint density at radius 1 is 1.14 bits per heavy atom. The average Bonchev–Trinajstić information content (AvgIpc) is 2.21. The van der Waals surface area contributed by atoms with Crippen LogP contribution in [0.15, 0.2) is 24.3 Å². The number of benzene rings is 1. The summed E-state index contributed by atoms with van der Waals surface area (Å²) in [4.78, 5) is 0. The van der Waals surface area contributed by atoms with E-state index in [0.717, 1.165) is 19.6 Å². The normalized spacial score (nSPS) is 10.4. The fourth-order valence-electron chi connectivity index (χ4n) is 1.23. The van der Waals surface area contributed by atoms with Crippen LogP contribution in [0.2, 0.25) is 0 Å². The predicted molar refractivity (Wildman–Crippen MR) is 69.4 cm³/mol. The largest absolute Gasteiger partial charge is 0.320 e. The maximum Gasteiger partial charge on any atom is 0.0205 e. The van der Waals surface area contributed by atoms with E-state index in [9.17, 15) is 0 Å². The van der Waals surface area contributed by atoms with Gasteiger partial charge in [0.15, 0.2) is 0 Å². The molecule has 0 aliphatic carbocycles. The monoisotopic (exact) mass is 304 g/mol. The molecular formula is C11H17IN2. The van der Waals surface area contributed by atoms with Gasteiger partial charge in [-0.25, -0.2) is 0 Å². The molecule has 0 fully saturated rings. The molecule has 0 aliphatic heterocycles. The van der Waals surface area contributed by atoms with E-state index in [1.54, 1.807) is 0 Å². The van der Waals surface area contributed by atoms with Crippen molar-refractivity contribution in [3.8, 4) is 0 Å². The van der Waals surface area contributed by atoms with Gasteiger partial charge in [0, 0.05) is 10.1 Å². The van der Waals surface area contributed by atoms with E-state index in [0.29, 0.717) is 0 Å². The molecule has 0 saturated carbocycles. The predicted octanol–water partition coefficient (Wildman–Crippen LogP) is 1.99. The summed E-state index contributed by atoms with van der Waals surface area (Å²) in [5.74, 6) is 0. The fourth-order valence-corrected chi connectivity index (χ4v) is 1.58. The highest BCUT2D eigenvalue weighted by Gasteiger charge is 1.92. The van der Waals surface area contributed by atoms with Gasteiger partial charge in [0.25, 0.3) is 0 Å². The minimum absolute atomic E-state index is 0.973. The van der Waals surface area contributed by atoms with Crippen LogP contribution in [0, 0.1) is 3.57 Å². The maximum absolute atomic E-state index is 3.41. The standard InChI is InChI=1S/C11H17IN2/c1-13-7-2-8-14-9-10-3-5-11(12)6-4-10/h3-6,13-14H,2,7-9H2,1H3. The molecule has 14 heavy (non-hydrogen) atoms. The van der Waals surface area contributed by atoms with Crippen molar-refractivity contribution in [2.24, 2.45) is 0 Å². The first-order valence-electron chi connectivity index (χ1n) is 4.92. The van der Waals surface area contributed by atoms with E-state index in [1.807, 2.05) is 7.05 Å². The third-order valence-corrected chi connectivity index (χ3v) is 2.74. The van der Waals surface area contributed by atoms with Crippen molar-refractivity contribution in [1.29, 1.82) is 0 Å². The highest BCUT2D eigenvalue weighted by atomic mass is 127. The van der Waals surface area contributed by atoms with Gasteiger partial charge in [-0.1, -0.05) is 12.1 Å². The number of nitrogens with one attached hydrogen (secondary N) is 2. The van der Waals surface area contributed by atoms with Crippen LogP contribution in [-0.2, 0) is 6.54 Å². The van der Waals surface area contributed by atoms with Crippen LogP contribution >= 0.6 is 22.6 Å². The molecule has 0 spiro atoms. The molecular weight excluding hydrogens is 287 g/mol. The van der Waals surface area contributed by atoms with E-state index in [4.69, 9.17) is 0 Å². The van der Waals surface area contributed by atoms with Gasteiger partial charge in [0.05, 0.1) is 0 Å². The van der Waals surface area contributed by atoms with Crippen LogP contribution in [0.4, 0.5) is 0 Å². The van der Waals surface area contributed by atoms with Crippen molar-refractivity contribution in [2.75, 3.05) is 20.1 Å². The Bertz CT molecular complexity index is 246. The molecule has 78 valence electrons. The number of halogens is 1. The van der Waals surface area contributed by atoms with E-state index in [1.165, 1.54) is 15.6 Å². The van der Waals surface area contributed by atoms with Gasteiger partial charge >= 0.3 is 0 Å². The lowest BCUT2D eigenvalue weighted by Crippen LogP contribution is -2.19. The van der Waals surface area contributed by atoms with Gasteiger partial charge < -0.3 is 10.6 Å². The molecule has 2 N–H and O–H groups in total. The zero-order valence-corrected chi connectivity index (χ0v) is 10.7. The Labute approximate surface area is 99.6 Å². The van der Waals surface area contributed by atoms with Gasteiger partial charge in [-0.2, -0.15) is 0 Å². The molecule has 0 unspecified atom stereocenters. The summed E-state index contributed by atoms with van der Waals surface area (Å²) in [5.41, 5.74) is 1.36. The molecule has 0 saturated heterocycles. The van der Waals surface area contributed by atoms with Gasteiger partial charge in [-0.15, -0.1) is 0 Å². The molecule has 3 heteroatoms. The van der Waals surface area contributed by atoms with E-state index >= 15 is 0 Å². The molecule has 1 rings (SSSR count). The molecule has 2 nitrogen and oxygen atoms in total. The smallest absolute Gasteiger partial charge is 0.0205 e. The van der Waals surface area contributed by atoms with Gasteiger partial charge in [0.2, 0.25) is 0 Å². The average molecular weight is 304 g/mol. The lowest BCUT2D eigenvalue weighted by molar-refractivity contribution is 0.625. The Kier molecular flexibility index (Phi) is 6.14. The van der Waals surface area contributed by atoms with E-state index < -0.39 is 0 Å². The highest BCUT2D eigenvalue weighted by molar-refractivity contribution is 14.1. The number of hydrogen-bond acceptors (Lipinski definition) is 2. The number of hydrogen-bond donors (Lipinski definition) is 2. The van der Waals surface area contributed by atoms with Crippen molar-refractivity contribution < 1.29 is 0 Å². The van der Waals surface area contributed by atoms with Gasteiger partial charge in [-0.05, 0) is 66.8 Å². The molecule has 0 radical (unpaired) electrons. The van der Waals surface area contributed by atoms with Crippen LogP contribution in [0.5, 0.6) is 0 Å². The summed E-state index contributed by atoms with van der Waals surface area (Å²) in [5, 5.41) is 6.55. The summed E-state index contributed by atoms with van der Waals surface area (Å²) in [6.45, 7) is 3.13. The Morgan fingerprint density at radius 2 is 1.86 bits per heavy atom. The summed E-state index contributed by atoms with van der Waals surface area (Å²) < 4.78 is 1.29. The van der Waals surface area contributed by atoms with Gasteiger partial charge in [-0.3, -0.25) is 0 Å². The van der Waals surface area contributed by atoms with Crippen LogP contribution < -0.4 is 10.6 Å². The molecule has 0 aliphatic rings. The highest BCUT2D eigenvalue weighted by Crippen LogP contribution is 2.06. The van der Waals surface area contributed by atoms with E-state index in [-0.39, 0.29) is 0 Å². The fraction of sp³-hybridized carbons (Fsp3) is 0.455. The first kappa shape index (κ1) is 11.9. The second-order valence-electron chi connectivity index (χ2n) is 3.26.